The highest BCUT2D eigenvalue weighted by molar-refractivity contribution is 5.78. The molecule has 0 saturated heterocycles. The Bertz CT molecular complexity index is 652. The highest BCUT2D eigenvalue weighted by Crippen LogP contribution is 2.28. The molecule has 0 amide bonds. The molecule has 0 unspecified atom stereocenters. The zero-order valence-electron chi connectivity index (χ0n) is 12.9. The van der Waals surface area contributed by atoms with Crippen molar-refractivity contribution in [2.75, 3.05) is 13.7 Å². The molecule has 0 saturated carbocycles. The zero-order chi connectivity index (χ0) is 16.5. The molecule has 2 aromatic rings. The molecule has 2 rings (SSSR count). The number of para-hydroxylation sites is 1. The van der Waals surface area contributed by atoms with Gasteiger partial charge in [0.2, 0.25) is 0 Å². The fraction of sp³-hybridized carbons (Fsp3) is 0.222. The van der Waals surface area contributed by atoms with Gasteiger partial charge in [-0.2, -0.15) is 0 Å². The number of esters is 1. The highest BCUT2D eigenvalue weighted by Gasteiger charge is 2.10. The Morgan fingerprint density at radius 2 is 1.87 bits per heavy atom. The van der Waals surface area contributed by atoms with Crippen LogP contribution >= 0.6 is 0 Å². The summed E-state index contributed by atoms with van der Waals surface area (Å²) in [5.41, 5.74) is 0.456. The molecule has 5 nitrogen and oxygen atoms in total. The van der Waals surface area contributed by atoms with Crippen molar-refractivity contribution in [3.63, 3.8) is 0 Å². The number of hydrogen-bond donors (Lipinski definition) is 0. The number of benzene rings is 2. The van der Waals surface area contributed by atoms with Gasteiger partial charge in [0, 0.05) is 12.0 Å². The second-order valence-electron chi connectivity index (χ2n) is 4.77. The lowest BCUT2D eigenvalue weighted by Crippen LogP contribution is -2.10. The van der Waals surface area contributed by atoms with Crippen LogP contribution < -0.4 is 14.2 Å². The van der Waals surface area contributed by atoms with E-state index in [9.17, 15) is 9.59 Å². The fourth-order valence-corrected chi connectivity index (χ4v) is 1.94. The Morgan fingerprint density at radius 3 is 2.57 bits per heavy atom. The number of carbonyl (C=O) groups is 2. The van der Waals surface area contributed by atoms with E-state index in [4.69, 9.17) is 14.2 Å². The van der Waals surface area contributed by atoms with Crippen molar-refractivity contribution < 1.29 is 23.8 Å². The lowest BCUT2D eigenvalue weighted by molar-refractivity contribution is -0.134. The van der Waals surface area contributed by atoms with Crippen LogP contribution in [0.1, 0.15) is 23.2 Å². The Morgan fingerprint density at radius 1 is 1.09 bits per heavy atom. The average Bonchev–Trinajstić information content (AvgIpc) is 2.60. The summed E-state index contributed by atoms with van der Waals surface area (Å²) in [6.07, 6.45) is 1.48. The van der Waals surface area contributed by atoms with E-state index in [0.717, 1.165) is 5.75 Å². The maximum absolute atomic E-state index is 11.8. The Hall–Kier alpha value is -2.82. The van der Waals surface area contributed by atoms with Crippen LogP contribution in [-0.4, -0.2) is 26.0 Å². The van der Waals surface area contributed by atoms with Gasteiger partial charge in [-0.05, 0) is 36.8 Å². The molecule has 0 aliphatic rings. The van der Waals surface area contributed by atoms with Crippen molar-refractivity contribution in [1.82, 2.24) is 0 Å². The molecule has 5 heteroatoms. The molecule has 120 valence electrons. The van der Waals surface area contributed by atoms with Crippen LogP contribution in [0.15, 0.2) is 48.5 Å². The molecule has 0 heterocycles. The molecule has 2 aromatic carbocycles. The van der Waals surface area contributed by atoms with Crippen LogP contribution in [0, 0.1) is 0 Å². The minimum Gasteiger partial charge on any atom is -0.494 e. The van der Waals surface area contributed by atoms with Crippen LogP contribution in [-0.2, 0) is 4.79 Å². The minimum absolute atomic E-state index is 0.228. The van der Waals surface area contributed by atoms with E-state index >= 15 is 0 Å². The Kier molecular flexibility index (Phi) is 6.17. The molecule has 23 heavy (non-hydrogen) atoms. The maximum atomic E-state index is 11.8. The van der Waals surface area contributed by atoms with Crippen LogP contribution in [0.25, 0.3) is 0 Å². The van der Waals surface area contributed by atoms with Crippen molar-refractivity contribution in [2.24, 2.45) is 0 Å². The van der Waals surface area contributed by atoms with Gasteiger partial charge >= 0.3 is 5.97 Å². The second kappa shape index (κ2) is 8.58. The molecular weight excluding hydrogens is 296 g/mol. The molecule has 0 spiro atoms. The summed E-state index contributed by atoms with van der Waals surface area (Å²) in [7, 11) is 1.45. The molecular formula is C18H18O5. The van der Waals surface area contributed by atoms with E-state index in [2.05, 4.69) is 0 Å². The molecule has 0 N–H and O–H groups in total. The Balaban J connectivity index is 1.79. The first kappa shape index (κ1) is 16.5. The number of rotatable bonds is 8. The topological polar surface area (TPSA) is 61.8 Å². The minimum atomic E-state index is -0.376. The third-order valence-electron chi connectivity index (χ3n) is 3.08. The predicted octanol–water partition coefficient (Wildman–Crippen LogP) is 3.27. The molecule has 0 aliphatic heterocycles. The summed E-state index contributed by atoms with van der Waals surface area (Å²) in [6, 6.07) is 14.0. The monoisotopic (exact) mass is 314 g/mol. The van der Waals surface area contributed by atoms with E-state index in [-0.39, 0.29) is 12.4 Å². The summed E-state index contributed by atoms with van der Waals surface area (Å²) in [4.78, 5) is 22.6. The van der Waals surface area contributed by atoms with Gasteiger partial charge in [-0.1, -0.05) is 18.2 Å². The van der Waals surface area contributed by atoms with E-state index in [1.807, 2.05) is 30.3 Å². The number of hydrogen-bond acceptors (Lipinski definition) is 5. The van der Waals surface area contributed by atoms with Gasteiger partial charge in [0.15, 0.2) is 11.5 Å². The van der Waals surface area contributed by atoms with Gasteiger partial charge in [-0.25, -0.2) is 0 Å². The first-order valence-electron chi connectivity index (χ1n) is 7.24. The van der Waals surface area contributed by atoms with Crippen molar-refractivity contribution in [2.45, 2.75) is 12.8 Å². The zero-order valence-corrected chi connectivity index (χ0v) is 12.9. The highest BCUT2D eigenvalue weighted by atomic mass is 16.6. The van der Waals surface area contributed by atoms with Crippen molar-refractivity contribution in [3.8, 4) is 17.2 Å². The molecule has 0 aliphatic carbocycles. The molecule has 0 aromatic heterocycles. The standard InChI is InChI=1S/C18H18O5/c1-21-17-12-14(13-19)9-10-16(17)23-18(20)8-5-11-22-15-6-3-2-4-7-15/h2-4,6-7,9-10,12-13H,5,8,11H2,1H3. The van der Waals surface area contributed by atoms with E-state index in [0.29, 0.717) is 36.4 Å². The first-order chi connectivity index (χ1) is 11.2. The number of carbonyl (C=O) groups excluding carboxylic acids is 2. The van der Waals surface area contributed by atoms with Gasteiger partial charge in [-0.15, -0.1) is 0 Å². The largest absolute Gasteiger partial charge is 0.494 e. The van der Waals surface area contributed by atoms with Crippen LogP contribution in [0.2, 0.25) is 0 Å². The van der Waals surface area contributed by atoms with E-state index in [1.165, 1.54) is 13.2 Å². The quantitative estimate of drug-likeness (QED) is 0.324. The van der Waals surface area contributed by atoms with E-state index < -0.39 is 0 Å². The summed E-state index contributed by atoms with van der Waals surface area (Å²) in [6.45, 7) is 0.431. The summed E-state index contributed by atoms with van der Waals surface area (Å²) >= 11 is 0. The van der Waals surface area contributed by atoms with Gasteiger partial charge in [0.05, 0.1) is 13.7 Å². The number of ether oxygens (including phenoxy) is 3. The molecule has 0 atom stereocenters. The predicted molar refractivity (Wildman–Crippen MR) is 85.2 cm³/mol. The summed E-state index contributed by atoms with van der Waals surface area (Å²) in [5, 5.41) is 0. The fourth-order valence-electron chi connectivity index (χ4n) is 1.94. The van der Waals surface area contributed by atoms with E-state index in [1.54, 1.807) is 12.1 Å². The lowest BCUT2D eigenvalue weighted by atomic mass is 10.2. The maximum Gasteiger partial charge on any atom is 0.311 e. The van der Waals surface area contributed by atoms with Gasteiger partial charge in [0.25, 0.3) is 0 Å². The average molecular weight is 314 g/mol. The van der Waals surface area contributed by atoms with Crippen LogP contribution in [0.4, 0.5) is 0 Å². The third kappa shape index (κ3) is 5.14. The molecule has 0 fully saturated rings. The SMILES string of the molecule is COc1cc(C=O)ccc1OC(=O)CCCOc1ccccc1. The second-order valence-corrected chi connectivity index (χ2v) is 4.77. The summed E-state index contributed by atoms with van der Waals surface area (Å²) < 4.78 is 15.9. The number of methoxy groups -OCH3 is 1. The third-order valence-corrected chi connectivity index (χ3v) is 3.08. The number of aldehydes is 1. The van der Waals surface area contributed by atoms with Crippen LogP contribution in [0.5, 0.6) is 17.2 Å². The van der Waals surface area contributed by atoms with Crippen molar-refractivity contribution in [3.05, 3.63) is 54.1 Å². The van der Waals surface area contributed by atoms with Gasteiger partial charge in [0.1, 0.15) is 12.0 Å². The van der Waals surface area contributed by atoms with Crippen molar-refractivity contribution >= 4 is 12.3 Å². The van der Waals surface area contributed by atoms with Gasteiger partial charge in [-0.3, -0.25) is 9.59 Å². The smallest absolute Gasteiger partial charge is 0.311 e. The molecule has 0 radical (unpaired) electrons. The lowest BCUT2D eigenvalue weighted by Gasteiger charge is -2.10. The van der Waals surface area contributed by atoms with Gasteiger partial charge < -0.3 is 14.2 Å². The van der Waals surface area contributed by atoms with Crippen molar-refractivity contribution in [1.29, 1.82) is 0 Å². The van der Waals surface area contributed by atoms with Crippen LogP contribution in [0.3, 0.4) is 0 Å². The molecule has 0 bridgehead atoms. The first-order valence-corrected chi connectivity index (χ1v) is 7.24. The summed E-state index contributed by atoms with van der Waals surface area (Å²) in [5.74, 6) is 1.04. The Labute approximate surface area is 134 Å². The normalized spacial score (nSPS) is 9.96.